The van der Waals surface area contributed by atoms with Crippen molar-refractivity contribution < 1.29 is 22.6 Å². The standard InChI is InChI=1S/C3H7O.3H3N.H2O4S/c1-3(2)4;;;;1-5(2,3)4/h3H,1-2H3;3*1H3;(H2,1,2,3,4)/q-1;;;;/p+1. The average Bonchev–Trinajstić information content (AvgIpc) is 1.19. The Labute approximate surface area is 72.3 Å². The van der Waals surface area contributed by atoms with Crippen LogP contribution in [0, 0.1) is 0 Å². The second-order valence-electron chi connectivity index (χ2n) is 1.46. The highest BCUT2D eigenvalue weighted by molar-refractivity contribution is 7.79. The summed E-state index contributed by atoms with van der Waals surface area (Å²) in [6.45, 7) is 3.22. The molecule has 0 aliphatic rings. The van der Waals surface area contributed by atoms with Crippen molar-refractivity contribution in [2.75, 3.05) is 0 Å². The van der Waals surface area contributed by atoms with Crippen LogP contribution in [0.1, 0.15) is 13.8 Å². The van der Waals surface area contributed by atoms with Gasteiger partial charge in [-0.25, -0.2) is 0 Å². The summed E-state index contributed by atoms with van der Waals surface area (Å²) >= 11 is 0. The van der Waals surface area contributed by atoms with E-state index in [1.54, 1.807) is 13.8 Å². The fourth-order valence-corrected chi connectivity index (χ4v) is 0. The molecule has 12 heavy (non-hydrogen) atoms. The van der Waals surface area contributed by atoms with Gasteiger partial charge < -0.3 is 32.7 Å². The van der Waals surface area contributed by atoms with E-state index in [9.17, 15) is 5.11 Å². The zero-order valence-corrected chi connectivity index (χ0v) is 8.84. The van der Waals surface area contributed by atoms with Crippen LogP contribution in [0.5, 0.6) is 0 Å². The van der Waals surface area contributed by atoms with E-state index >= 15 is 0 Å². The van der Waals surface area contributed by atoms with E-state index in [0.29, 0.717) is 0 Å². The Hall–Kier alpha value is -0.290. The van der Waals surface area contributed by atoms with Gasteiger partial charge in [-0.05, 0) is 0 Å². The molecule has 0 aromatic rings. The lowest BCUT2D eigenvalue weighted by Gasteiger charge is -2.06. The number of rotatable bonds is 0. The van der Waals surface area contributed by atoms with Gasteiger partial charge in [0.1, 0.15) is 0 Å². The molecule has 0 rings (SSSR count). The summed E-state index contributed by atoms with van der Waals surface area (Å²) < 4.78 is 34.1. The first-order valence-corrected chi connectivity index (χ1v) is 3.39. The molecule has 0 unspecified atom stereocenters. The molecule has 0 spiro atoms. The van der Waals surface area contributed by atoms with Gasteiger partial charge in [0.15, 0.2) is 0 Å². The molecule has 0 aliphatic heterocycles. The zero-order valence-electron chi connectivity index (χ0n) is 8.03. The maximum atomic E-state index is 9.53. The van der Waals surface area contributed by atoms with Crippen LogP contribution in [0.4, 0.5) is 0 Å². The summed E-state index contributed by atoms with van der Waals surface area (Å²) in [5.41, 5.74) is 0. The van der Waals surface area contributed by atoms with Crippen LogP contribution >= 0.6 is 0 Å². The Bertz CT molecular complexity index is 133. The van der Waals surface area contributed by atoms with Crippen LogP contribution in [0.25, 0.3) is 0 Å². The Balaban J connectivity index is -0.0000000221. The minimum atomic E-state index is -5.17. The van der Waals surface area contributed by atoms with Crippen molar-refractivity contribution in [3.63, 3.8) is 0 Å². The summed E-state index contributed by atoms with van der Waals surface area (Å²) in [6.07, 6.45) is -0.417. The van der Waals surface area contributed by atoms with Crippen LogP contribution in [0.3, 0.4) is 0 Å². The maximum Gasteiger partial charge on any atom is 0.0311 e. The highest BCUT2D eigenvalue weighted by Crippen LogP contribution is 1.57. The van der Waals surface area contributed by atoms with Crippen LogP contribution in [0.15, 0.2) is 0 Å². The van der Waals surface area contributed by atoms with Gasteiger partial charge in [0.2, 0.25) is 0 Å². The van der Waals surface area contributed by atoms with Crippen LogP contribution in [-0.4, -0.2) is 23.6 Å². The lowest BCUT2D eigenvalue weighted by atomic mass is 10.5. The molecule has 0 radical (unpaired) electrons. The van der Waals surface area contributed by atoms with Crippen molar-refractivity contribution in [3.05, 3.63) is 0 Å². The molecule has 0 heterocycles. The SMILES string of the molecule is CC(C)[O-].O=S(=O)([O-])[O-].[NH4+].[NH4+].[NH4+]. The molecule has 12 N–H and O–H groups in total. The molecule has 0 saturated heterocycles. The number of hydrogen-bond donors (Lipinski definition) is 3. The van der Waals surface area contributed by atoms with Gasteiger partial charge >= 0.3 is 0 Å². The molecule has 0 atom stereocenters. The summed E-state index contributed by atoms with van der Waals surface area (Å²) in [4.78, 5) is 0. The van der Waals surface area contributed by atoms with Crippen LogP contribution < -0.4 is 23.6 Å². The van der Waals surface area contributed by atoms with Gasteiger partial charge in [-0.3, -0.25) is 8.42 Å². The first-order valence-electron chi connectivity index (χ1n) is 2.06. The molecule has 0 saturated carbocycles. The maximum absolute atomic E-state index is 9.53. The van der Waals surface area contributed by atoms with Gasteiger partial charge in [-0.2, -0.15) is 0 Å². The Morgan fingerprint density at radius 3 is 1.00 bits per heavy atom. The van der Waals surface area contributed by atoms with E-state index in [-0.39, 0.29) is 18.5 Å². The topological polar surface area (TPSA) is 213 Å². The van der Waals surface area contributed by atoms with E-state index in [4.69, 9.17) is 17.5 Å². The van der Waals surface area contributed by atoms with E-state index in [0.717, 1.165) is 0 Å². The normalized spacial score (nSPS) is 7.83. The zero-order chi connectivity index (χ0) is 8.08. The molecule has 0 amide bonds. The second-order valence-corrected chi connectivity index (χ2v) is 2.27. The van der Waals surface area contributed by atoms with Gasteiger partial charge in [0.25, 0.3) is 0 Å². The van der Waals surface area contributed by atoms with E-state index in [1.165, 1.54) is 0 Å². The van der Waals surface area contributed by atoms with E-state index in [1.807, 2.05) is 0 Å². The van der Waals surface area contributed by atoms with E-state index in [2.05, 4.69) is 0 Å². The van der Waals surface area contributed by atoms with Crippen LogP contribution in [-0.2, 0) is 10.4 Å². The van der Waals surface area contributed by atoms with Crippen molar-refractivity contribution >= 4 is 10.4 Å². The van der Waals surface area contributed by atoms with Gasteiger partial charge in [0, 0.05) is 10.4 Å². The van der Waals surface area contributed by atoms with Crippen molar-refractivity contribution in [2.45, 2.75) is 20.0 Å². The molecule has 9 heteroatoms. The number of hydrogen-bond acceptors (Lipinski definition) is 5. The molecule has 0 aromatic carbocycles. The van der Waals surface area contributed by atoms with Crippen molar-refractivity contribution in [1.29, 1.82) is 0 Å². The predicted molar refractivity (Wildman–Crippen MR) is 43.6 cm³/mol. The quantitative estimate of drug-likeness (QED) is 0.355. The molecule has 8 nitrogen and oxygen atoms in total. The minimum Gasteiger partial charge on any atom is -0.852 e. The van der Waals surface area contributed by atoms with Crippen molar-refractivity contribution in [2.24, 2.45) is 0 Å². The summed E-state index contributed by atoms with van der Waals surface area (Å²) in [6, 6.07) is 0. The van der Waals surface area contributed by atoms with E-state index < -0.39 is 16.5 Å². The molecule has 0 fully saturated rings. The third-order valence-corrected chi connectivity index (χ3v) is 0. The second kappa shape index (κ2) is 13.3. The third kappa shape index (κ3) is 8760. The minimum absolute atomic E-state index is 0. The first-order chi connectivity index (χ1) is 3.73. The molecule has 0 bridgehead atoms. The Kier molecular flexibility index (Phi) is 33.1. The molecule has 82 valence electrons. The largest absolute Gasteiger partial charge is 0.852 e. The smallest absolute Gasteiger partial charge is 0.0311 e. The highest BCUT2D eigenvalue weighted by Gasteiger charge is 1.53. The molecular weight excluding hydrogens is 190 g/mol. The van der Waals surface area contributed by atoms with Crippen molar-refractivity contribution in [1.82, 2.24) is 18.5 Å². The fraction of sp³-hybridized carbons (Fsp3) is 1.00. The first kappa shape index (κ1) is 29.8. The lowest BCUT2D eigenvalue weighted by Crippen LogP contribution is -2.14. The Morgan fingerprint density at radius 1 is 1.00 bits per heavy atom. The predicted octanol–water partition coefficient (Wildman–Crippen LogP) is -0.454. The molecule has 0 aliphatic carbocycles. The third-order valence-electron chi connectivity index (χ3n) is 0. The van der Waals surface area contributed by atoms with Gasteiger partial charge in [0.05, 0.1) is 0 Å². The highest BCUT2D eigenvalue weighted by atomic mass is 32.3. The monoisotopic (exact) mass is 209 g/mol. The number of quaternary nitrogens is 3. The molecule has 0 aromatic heterocycles. The van der Waals surface area contributed by atoms with Crippen molar-refractivity contribution in [3.8, 4) is 0 Å². The fourth-order valence-electron chi connectivity index (χ4n) is 0. The van der Waals surface area contributed by atoms with Gasteiger partial charge in [-0.1, -0.05) is 13.8 Å². The summed E-state index contributed by atoms with van der Waals surface area (Å²) in [5.74, 6) is 0. The van der Waals surface area contributed by atoms with Gasteiger partial charge in [-0.15, -0.1) is 6.10 Å². The lowest BCUT2D eigenvalue weighted by molar-refractivity contribution is -0.407. The van der Waals surface area contributed by atoms with Crippen LogP contribution in [0.2, 0.25) is 0 Å². The Morgan fingerprint density at radius 2 is 1.00 bits per heavy atom. The average molecular weight is 209 g/mol. The summed E-state index contributed by atoms with van der Waals surface area (Å²) in [7, 11) is -5.17. The molecular formula is C3H19N3O5S. The summed E-state index contributed by atoms with van der Waals surface area (Å²) in [5, 5.41) is 9.53.